The van der Waals surface area contributed by atoms with E-state index in [9.17, 15) is 22.8 Å². The summed E-state index contributed by atoms with van der Waals surface area (Å²) in [6.45, 7) is 1.96. The van der Waals surface area contributed by atoms with E-state index in [2.05, 4.69) is 4.74 Å². The molecule has 0 saturated carbocycles. The predicted molar refractivity (Wildman–Crippen MR) is 45.9 cm³/mol. The van der Waals surface area contributed by atoms with Crippen LogP contribution in [-0.4, -0.2) is 18.1 Å². The summed E-state index contributed by atoms with van der Waals surface area (Å²) in [5, 5.41) is 0. The van der Waals surface area contributed by atoms with E-state index >= 15 is 0 Å². The van der Waals surface area contributed by atoms with Crippen LogP contribution in [-0.2, 0) is 14.3 Å². The Bertz CT molecular complexity index is 223. The molecule has 0 aromatic heterocycles. The average molecular weight is 226 g/mol. The number of alkyl halides is 3. The zero-order valence-electron chi connectivity index (χ0n) is 8.39. The van der Waals surface area contributed by atoms with Crippen LogP contribution in [0.3, 0.4) is 0 Å². The number of esters is 2. The largest absolute Gasteiger partial charge is 0.491 e. The van der Waals surface area contributed by atoms with Crippen molar-refractivity contribution in [3.05, 3.63) is 0 Å². The monoisotopic (exact) mass is 226 g/mol. The van der Waals surface area contributed by atoms with Gasteiger partial charge < -0.3 is 4.74 Å². The Hall–Kier alpha value is -1.07. The predicted octanol–water partition coefficient (Wildman–Crippen LogP) is 2.59. The van der Waals surface area contributed by atoms with Crippen molar-refractivity contribution in [1.82, 2.24) is 0 Å². The van der Waals surface area contributed by atoms with Crippen LogP contribution in [0.1, 0.15) is 39.0 Å². The van der Waals surface area contributed by atoms with Gasteiger partial charge in [-0.1, -0.05) is 26.2 Å². The average Bonchev–Trinajstić information content (AvgIpc) is 2.11. The van der Waals surface area contributed by atoms with Crippen molar-refractivity contribution in [2.75, 3.05) is 0 Å². The fraction of sp³-hybridized carbons (Fsp3) is 0.778. The van der Waals surface area contributed by atoms with Crippen LogP contribution in [0.15, 0.2) is 0 Å². The summed E-state index contributed by atoms with van der Waals surface area (Å²) in [7, 11) is 0. The Morgan fingerprint density at radius 1 is 1.13 bits per heavy atom. The molecule has 0 aliphatic rings. The minimum absolute atomic E-state index is 0.151. The fourth-order valence-corrected chi connectivity index (χ4v) is 0.908. The normalized spacial score (nSPS) is 11.2. The van der Waals surface area contributed by atoms with Gasteiger partial charge in [-0.25, -0.2) is 4.79 Å². The quantitative estimate of drug-likeness (QED) is 0.411. The Morgan fingerprint density at radius 2 is 1.73 bits per heavy atom. The molecule has 0 aromatic rings. The molecule has 0 spiro atoms. The third-order valence-corrected chi connectivity index (χ3v) is 1.67. The van der Waals surface area contributed by atoms with Gasteiger partial charge in [-0.05, 0) is 6.42 Å². The van der Waals surface area contributed by atoms with Crippen molar-refractivity contribution in [1.29, 1.82) is 0 Å². The maximum Gasteiger partial charge on any atom is 0.491 e. The molecule has 6 heteroatoms. The summed E-state index contributed by atoms with van der Waals surface area (Å²) in [5.74, 6) is -3.56. The summed E-state index contributed by atoms with van der Waals surface area (Å²) >= 11 is 0. The molecule has 0 atom stereocenters. The van der Waals surface area contributed by atoms with Gasteiger partial charge in [-0.15, -0.1) is 0 Å². The zero-order valence-corrected chi connectivity index (χ0v) is 8.39. The third kappa shape index (κ3) is 6.93. The number of carbonyl (C=O) groups excluding carboxylic acids is 2. The highest BCUT2D eigenvalue weighted by Gasteiger charge is 2.42. The number of carbonyl (C=O) groups is 2. The molecule has 0 amide bonds. The van der Waals surface area contributed by atoms with Gasteiger partial charge in [0.15, 0.2) is 0 Å². The molecule has 0 saturated heterocycles. The van der Waals surface area contributed by atoms with Gasteiger partial charge in [0.05, 0.1) is 0 Å². The SMILES string of the molecule is CCCCCCC(=O)OC(=O)C(F)(F)F. The van der Waals surface area contributed by atoms with Crippen LogP contribution in [0.2, 0.25) is 0 Å². The summed E-state index contributed by atoms with van der Waals surface area (Å²) in [6, 6.07) is 0. The Balaban J connectivity index is 3.71. The highest BCUT2D eigenvalue weighted by molar-refractivity contribution is 5.88. The van der Waals surface area contributed by atoms with E-state index in [0.717, 1.165) is 19.3 Å². The third-order valence-electron chi connectivity index (χ3n) is 1.67. The second-order valence-electron chi connectivity index (χ2n) is 3.07. The minimum atomic E-state index is -5.10. The lowest BCUT2D eigenvalue weighted by Gasteiger charge is -2.05. The molecule has 0 fully saturated rings. The van der Waals surface area contributed by atoms with Gasteiger partial charge in [0.25, 0.3) is 0 Å². The number of hydrogen-bond acceptors (Lipinski definition) is 3. The Kier molecular flexibility index (Phi) is 5.96. The lowest BCUT2D eigenvalue weighted by atomic mass is 10.2. The number of halogens is 3. The number of rotatable bonds is 5. The standard InChI is InChI=1S/C9H13F3O3/c1-2-3-4-5-6-7(13)15-8(14)9(10,11)12/h2-6H2,1H3. The highest BCUT2D eigenvalue weighted by atomic mass is 19.4. The maximum atomic E-state index is 11.6. The molecule has 0 aliphatic heterocycles. The molecular formula is C9H13F3O3. The van der Waals surface area contributed by atoms with Crippen molar-refractivity contribution in [2.24, 2.45) is 0 Å². The van der Waals surface area contributed by atoms with E-state index in [4.69, 9.17) is 0 Å². The molecule has 3 nitrogen and oxygen atoms in total. The Labute approximate surface area is 85.6 Å². The molecule has 0 rings (SSSR count). The van der Waals surface area contributed by atoms with Crippen LogP contribution >= 0.6 is 0 Å². The van der Waals surface area contributed by atoms with Crippen molar-refractivity contribution in [3.63, 3.8) is 0 Å². The van der Waals surface area contributed by atoms with Gasteiger partial charge in [0.1, 0.15) is 0 Å². The maximum absolute atomic E-state index is 11.6. The van der Waals surface area contributed by atoms with E-state index in [0.29, 0.717) is 6.42 Å². The zero-order chi connectivity index (χ0) is 11.9. The minimum Gasteiger partial charge on any atom is -0.386 e. The summed E-state index contributed by atoms with van der Waals surface area (Å²) in [5.41, 5.74) is 0. The highest BCUT2D eigenvalue weighted by Crippen LogP contribution is 2.17. The van der Waals surface area contributed by atoms with Gasteiger partial charge in [-0.3, -0.25) is 4.79 Å². The second kappa shape index (κ2) is 6.42. The molecule has 0 heterocycles. The van der Waals surface area contributed by atoms with Crippen molar-refractivity contribution in [2.45, 2.75) is 45.2 Å². The number of unbranched alkanes of at least 4 members (excludes halogenated alkanes) is 3. The first-order chi connectivity index (χ1) is 6.88. The van der Waals surface area contributed by atoms with Gasteiger partial charge in [0, 0.05) is 6.42 Å². The van der Waals surface area contributed by atoms with E-state index < -0.39 is 18.1 Å². The van der Waals surface area contributed by atoms with Crippen LogP contribution in [0.5, 0.6) is 0 Å². The van der Waals surface area contributed by atoms with Crippen LogP contribution in [0.25, 0.3) is 0 Å². The molecular weight excluding hydrogens is 213 g/mol. The summed E-state index contributed by atoms with van der Waals surface area (Å²) in [4.78, 5) is 20.9. The van der Waals surface area contributed by atoms with Gasteiger partial charge >= 0.3 is 18.1 Å². The molecule has 0 aromatic carbocycles. The Morgan fingerprint density at radius 3 is 2.20 bits per heavy atom. The van der Waals surface area contributed by atoms with Gasteiger partial charge in [-0.2, -0.15) is 13.2 Å². The van der Waals surface area contributed by atoms with Gasteiger partial charge in [0.2, 0.25) is 0 Å². The first-order valence-electron chi connectivity index (χ1n) is 4.69. The van der Waals surface area contributed by atoms with Crippen LogP contribution in [0, 0.1) is 0 Å². The summed E-state index contributed by atoms with van der Waals surface area (Å²) < 4.78 is 38.5. The molecule has 15 heavy (non-hydrogen) atoms. The van der Waals surface area contributed by atoms with E-state index in [1.807, 2.05) is 6.92 Å². The molecule has 88 valence electrons. The van der Waals surface area contributed by atoms with Crippen LogP contribution < -0.4 is 0 Å². The van der Waals surface area contributed by atoms with Crippen molar-refractivity contribution >= 4 is 11.9 Å². The molecule has 0 radical (unpaired) electrons. The van der Waals surface area contributed by atoms with E-state index in [-0.39, 0.29) is 6.42 Å². The lowest BCUT2D eigenvalue weighted by Crippen LogP contribution is -2.27. The van der Waals surface area contributed by atoms with Crippen molar-refractivity contribution in [3.8, 4) is 0 Å². The first-order valence-corrected chi connectivity index (χ1v) is 4.69. The molecule has 0 aliphatic carbocycles. The van der Waals surface area contributed by atoms with Crippen LogP contribution in [0.4, 0.5) is 13.2 Å². The topological polar surface area (TPSA) is 43.4 Å². The summed E-state index contributed by atoms with van der Waals surface area (Å²) in [6.07, 6.45) is -2.21. The fourth-order valence-electron chi connectivity index (χ4n) is 0.908. The molecule has 0 bridgehead atoms. The second-order valence-corrected chi connectivity index (χ2v) is 3.07. The molecule has 0 unspecified atom stereocenters. The smallest absolute Gasteiger partial charge is 0.386 e. The number of ether oxygens (including phenoxy) is 1. The van der Waals surface area contributed by atoms with Crippen molar-refractivity contribution < 1.29 is 27.5 Å². The number of hydrogen-bond donors (Lipinski definition) is 0. The van der Waals surface area contributed by atoms with E-state index in [1.165, 1.54) is 0 Å². The lowest BCUT2D eigenvalue weighted by molar-refractivity contribution is -0.201. The first kappa shape index (κ1) is 13.9. The molecule has 0 N–H and O–H groups in total. The van der Waals surface area contributed by atoms with E-state index in [1.54, 1.807) is 0 Å².